The fourth-order valence-corrected chi connectivity index (χ4v) is 4.63. The Hall–Kier alpha value is -2.42. The molecule has 0 aliphatic heterocycles. The molecule has 0 saturated carbocycles. The number of amides is 1. The summed E-state index contributed by atoms with van der Waals surface area (Å²) in [5, 5.41) is 5.42. The molecule has 0 bridgehead atoms. The molecule has 9 heteroatoms. The largest absolute Gasteiger partial charge is 0.326 e. The molecule has 0 aliphatic rings. The fourth-order valence-electron chi connectivity index (χ4n) is 2.44. The SMILES string of the molecule is Cc1c(Cl)cccc1NC(=O)CCc1csc(NS(=O)(=O)c2ccccc2)n1. The van der Waals surface area contributed by atoms with E-state index in [0.717, 1.165) is 5.56 Å². The molecular weight excluding hydrogens is 418 g/mol. The molecule has 0 aliphatic carbocycles. The molecule has 0 radical (unpaired) electrons. The molecule has 0 unspecified atom stereocenters. The summed E-state index contributed by atoms with van der Waals surface area (Å²) in [5.74, 6) is -0.162. The first kappa shape index (κ1) is 20.3. The molecule has 1 heterocycles. The van der Waals surface area contributed by atoms with Crippen molar-refractivity contribution in [1.82, 2.24) is 4.98 Å². The number of rotatable bonds is 7. The van der Waals surface area contributed by atoms with Gasteiger partial charge in [-0.3, -0.25) is 9.52 Å². The molecule has 0 saturated heterocycles. The minimum Gasteiger partial charge on any atom is -0.326 e. The number of thiazole rings is 1. The Kier molecular flexibility index (Phi) is 6.33. The van der Waals surface area contributed by atoms with Gasteiger partial charge < -0.3 is 5.32 Å². The van der Waals surface area contributed by atoms with E-state index in [1.165, 1.54) is 23.5 Å². The Morgan fingerprint density at radius 3 is 2.64 bits per heavy atom. The summed E-state index contributed by atoms with van der Waals surface area (Å²) in [4.78, 5) is 16.6. The average Bonchev–Trinajstić information content (AvgIpc) is 3.11. The number of anilines is 2. The highest BCUT2D eigenvalue weighted by atomic mass is 35.5. The number of carbonyl (C=O) groups excluding carboxylic acids is 1. The monoisotopic (exact) mass is 435 g/mol. The van der Waals surface area contributed by atoms with E-state index < -0.39 is 10.0 Å². The quantitative estimate of drug-likeness (QED) is 0.572. The predicted octanol–water partition coefficient (Wildman–Crippen LogP) is 4.48. The third kappa shape index (κ3) is 5.09. The summed E-state index contributed by atoms with van der Waals surface area (Å²) in [6.45, 7) is 1.84. The molecule has 1 amide bonds. The van der Waals surface area contributed by atoms with Crippen LogP contribution in [0, 0.1) is 6.92 Å². The van der Waals surface area contributed by atoms with Gasteiger partial charge in [0.2, 0.25) is 5.91 Å². The van der Waals surface area contributed by atoms with Gasteiger partial charge in [0.25, 0.3) is 10.0 Å². The van der Waals surface area contributed by atoms with Crippen molar-refractivity contribution in [2.24, 2.45) is 0 Å². The molecule has 146 valence electrons. The van der Waals surface area contributed by atoms with Crippen molar-refractivity contribution in [3.63, 3.8) is 0 Å². The van der Waals surface area contributed by atoms with Crippen molar-refractivity contribution in [2.45, 2.75) is 24.7 Å². The van der Waals surface area contributed by atoms with E-state index in [4.69, 9.17) is 11.6 Å². The van der Waals surface area contributed by atoms with Crippen LogP contribution in [0.4, 0.5) is 10.8 Å². The van der Waals surface area contributed by atoms with Crippen molar-refractivity contribution in [1.29, 1.82) is 0 Å². The number of aromatic nitrogens is 1. The van der Waals surface area contributed by atoms with Gasteiger partial charge in [-0.1, -0.05) is 35.9 Å². The summed E-state index contributed by atoms with van der Waals surface area (Å²) >= 11 is 7.23. The lowest BCUT2D eigenvalue weighted by molar-refractivity contribution is -0.116. The van der Waals surface area contributed by atoms with Crippen LogP contribution in [0.2, 0.25) is 5.02 Å². The van der Waals surface area contributed by atoms with Gasteiger partial charge in [-0.05, 0) is 43.2 Å². The lowest BCUT2D eigenvalue weighted by Gasteiger charge is -2.09. The highest BCUT2D eigenvalue weighted by Gasteiger charge is 2.16. The second-order valence-electron chi connectivity index (χ2n) is 6.02. The van der Waals surface area contributed by atoms with Crippen molar-refractivity contribution in [3.05, 3.63) is 70.2 Å². The highest BCUT2D eigenvalue weighted by molar-refractivity contribution is 7.93. The van der Waals surface area contributed by atoms with Gasteiger partial charge in [0.1, 0.15) is 0 Å². The molecule has 1 aromatic heterocycles. The predicted molar refractivity (Wildman–Crippen MR) is 113 cm³/mol. The average molecular weight is 436 g/mol. The van der Waals surface area contributed by atoms with Crippen LogP contribution in [0.3, 0.4) is 0 Å². The van der Waals surface area contributed by atoms with Crippen molar-refractivity contribution >= 4 is 49.7 Å². The number of aryl methyl sites for hydroxylation is 1. The second kappa shape index (κ2) is 8.72. The van der Waals surface area contributed by atoms with Gasteiger partial charge in [-0.15, -0.1) is 11.3 Å². The van der Waals surface area contributed by atoms with Gasteiger partial charge >= 0.3 is 0 Å². The summed E-state index contributed by atoms with van der Waals surface area (Å²) in [5.41, 5.74) is 2.13. The van der Waals surface area contributed by atoms with Crippen LogP contribution < -0.4 is 10.0 Å². The van der Waals surface area contributed by atoms with Gasteiger partial charge in [-0.2, -0.15) is 0 Å². The fraction of sp³-hybridized carbons (Fsp3) is 0.158. The van der Waals surface area contributed by atoms with Crippen LogP contribution >= 0.6 is 22.9 Å². The van der Waals surface area contributed by atoms with E-state index in [2.05, 4.69) is 15.0 Å². The molecule has 3 aromatic rings. The van der Waals surface area contributed by atoms with Gasteiger partial charge in [0.05, 0.1) is 10.6 Å². The van der Waals surface area contributed by atoms with Crippen molar-refractivity contribution < 1.29 is 13.2 Å². The van der Waals surface area contributed by atoms with Crippen LogP contribution in [0.15, 0.2) is 58.8 Å². The Labute approximate surface area is 172 Å². The summed E-state index contributed by atoms with van der Waals surface area (Å²) < 4.78 is 27.1. The van der Waals surface area contributed by atoms with E-state index in [0.29, 0.717) is 22.8 Å². The first-order chi connectivity index (χ1) is 13.3. The van der Waals surface area contributed by atoms with Crippen LogP contribution in [0.25, 0.3) is 0 Å². The minimum absolute atomic E-state index is 0.162. The number of halogens is 1. The number of sulfonamides is 1. The molecule has 0 fully saturated rings. The Morgan fingerprint density at radius 2 is 1.89 bits per heavy atom. The maximum Gasteiger partial charge on any atom is 0.263 e. The second-order valence-corrected chi connectivity index (χ2v) is 8.97. The zero-order valence-electron chi connectivity index (χ0n) is 15.0. The van der Waals surface area contributed by atoms with Crippen LogP contribution in [-0.4, -0.2) is 19.3 Å². The van der Waals surface area contributed by atoms with Gasteiger partial charge in [0.15, 0.2) is 5.13 Å². The normalized spacial score (nSPS) is 11.2. The standard InChI is InChI=1S/C19H18ClN3O3S2/c1-13-16(20)8-5-9-17(13)22-18(24)11-10-14-12-27-19(21-14)23-28(25,26)15-6-3-2-4-7-15/h2-9,12H,10-11H2,1H3,(H,21,23)(H,22,24). The summed E-state index contributed by atoms with van der Waals surface area (Å²) in [6, 6.07) is 13.4. The van der Waals surface area contributed by atoms with Crippen molar-refractivity contribution in [2.75, 3.05) is 10.0 Å². The number of carbonyl (C=O) groups is 1. The molecule has 0 spiro atoms. The topological polar surface area (TPSA) is 88.2 Å². The third-order valence-electron chi connectivity index (χ3n) is 3.98. The van der Waals surface area contributed by atoms with E-state index in [-0.39, 0.29) is 22.4 Å². The Morgan fingerprint density at radius 1 is 1.14 bits per heavy atom. The van der Waals surface area contributed by atoms with Crippen LogP contribution in [0.1, 0.15) is 17.7 Å². The van der Waals surface area contributed by atoms with Gasteiger partial charge in [-0.25, -0.2) is 13.4 Å². The third-order valence-corrected chi connectivity index (χ3v) is 6.68. The Balaban J connectivity index is 1.57. The van der Waals surface area contributed by atoms with Crippen LogP contribution in [-0.2, 0) is 21.2 Å². The van der Waals surface area contributed by atoms with Crippen LogP contribution in [0.5, 0.6) is 0 Å². The first-order valence-corrected chi connectivity index (χ1v) is 11.2. The number of hydrogen-bond acceptors (Lipinski definition) is 5. The minimum atomic E-state index is -3.67. The van der Waals surface area contributed by atoms with E-state index >= 15 is 0 Å². The smallest absolute Gasteiger partial charge is 0.263 e. The van der Waals surface area contributed by atoms with Crippen molar-refractivity contribution in [3.8, 4) is 0 Å². The highest BCUT2D eigenvalue weighted by Crippen LogP contribution is 2.24. The molecule has 6 nitrogen and oxygen atoms in total. The molecule has 0 atom stereocenters. The van der Waals surface area contributed by atoms with E-state index in [1.54, 1.807) is 41.8 Å². The Bertz CT molecular complexity index is 1080. The first-order valence-electron chi connectivity index (χ1n) is 8.42. The maximum absolute atomic E-state index is 12.3. The van der Waals surface area contributed by atoms with E-state index in [9.17, 15) is 13.2 Å². The maximum atomic E-state index is 12.3. The summed E-state index contributed by atoms with van der Waals surface area (Å²) in [6.07, 6.45) is 0.621. The van der Waals surface area contributed by atoms with E-state index in [1.807, 2.05) is 6.92 Å². The lowest BCUT2D eigenvalue weighted by Crippen LogP contribution is -2.14. The van der Waals surface area contributed by atoms with Gasteiger partial charge in [0, 0.05) is 22.5 Å². The zero-order valence-corrected chi connectivity index (χ0v) is 17.4. The number of nitrogens with one attached hydrogen (secondary N) is 2. The molecule has 2 aromatic carbocycles. The number of benzene rings is 2. The lowest BCUT2D eigenvalue weighted by atomic mass is 10.2. The summed E-state index contributed by atoms with van der Waals surface area (Å²) in [7, 11) is -3.67. The number of hydrogen-bond donors (Lipinski definition) is 2. The molecular formula is C19H18ClN3O3S2. The molecule has 3 rings (SSSR count). The number of nitrogens with zero attached hydrogens (tertiary/aromatic N) is 1. The molecule has 2 N–H and O–H groups in total. The zero-order chi connectivity index (χ0) is 20.1. The molecule has 28 heavy (non-hydrogen) atoms.